The molecule has 2 N–H and O–H groups in total. The number of hydrogen-bond donors (Lipinski definition) is 2. The molecule has 31 heavy (non-hydrogen) atoms. The molecular formula is C23H24N4O4. The van der Waals surface area contributed by atoms with Gasteiger partial charge in [-0.3, -0.25) is 14.2 Å². The van der Waals surface area contributed by atoms with Crippen LogP contribution in [0.25, 0.3) is 11.2 Å². The zero-order valence-electron chi connectivity index (χ0n) is 17.1. The normalized spacial score (nSPS) is 28.5. The topological polar surface area (TPSA) is 110 Å². The highest BCUT2D eigenvalue weighted by Gasteiger charge is 2.59. The van der Waals surface area contributed by atoms with E-state index in [1.165, 1.54) is 23.8 Å². The van der Waals surface area contributed by atoms with Crippen molar-refractivity contribution in [3.8, 4) is 11.8 Å². The van der Waals surface area contributed by atoms with Gasteiger partial charge in [-0.2, -0.15) is 4.98 Å². The number of aromatic nitrogens is 4. The van der Waals surface area contributed by atoms with E-state index >= 15 is 0 Å². The molecule has 0 aliphatic heterocycles. The molecule has 3 aromatic rings. The van der Waals surface area contributed by atoms with Crippen LogP contribution in [0.3, 0.4) is 0 Å². The number of ether oxygens (including phenoxy) is 1. The number of carboxylic acids is 1. The summed E-state index contributed by atoms with van der Waals surface area (Å²) in [6.07, 6.45) is 5.91. The van der Waals surface area contributed by atoms with Crippen molar-refractivity contribution in [3.05, 3.63) is 46.5 Å². The average molecular weight is 420 g/mol. The van der Waals surface area contributed by atoms with Crippen LogP contribution in [-0.2, 0) is 16.8 Å². The SMILES string of the molecule is O=C(O)CCn1c(Oc2ccccc2)nc2nc(C34CC5CC(CC3C5)C4)[nH]c2c1=O. The van der Waals surface area contributed by atoms with Crippen molar-refractivity contribution in [3.63, 3.8) is 0 Å². The van der Waals surface area contributed by atoms with Crippen LogP contribution < -0.4 is 10.3 Å². The monoisotopic (exact) mass is 420 g/mol. The maximum absolute atomic E-state index is 13.3. The minimum Gasteiger partial charge on any atom is -0.481 e. The molecule has 4 aliphatic carbocycles. The molecule has 1 aromatic carbocycles. The minimum absolute atomic E-state index is 0.0223. The van der Waals surface area contributed by atoms with Crippen molar-refractivity contribution < 1.29 is 14.6 Å². The van der Waals surface area contributed by atoms with Crippen molar-refractivity contribution in [1.82, 2.24) is 19.5 Å². The summed E-state index contributed by atoms with van der Waals surface area (Å²) in [6, 6.07) is 9.11. The van der Waals surface area contributed by atoms with E-state index in [0.29, 0.717) is 22.8 Å². The molecule has 2 heterocycles. The van der Waals surface area contributed by atoms with Gasteiger partial charge in [0.1, 0.15) is 11.6 Å². The van der Waals surface area contributed by atoms with Crippen LogP contribution in [0.1, 0.15) is 44.3 Å². The van der Waals surface area contributed by atoms with E-state index in [2.05, 4.69) is 9.97 Å². The molecule has 2 unspecified atom stereocenters. The molecule has 8 heteroatoms. The number of H-pyrrole nitrogens is 1. The number of fused-ring (bicyclic) bond motifs is 1. The molecule has 8 nitrogen and oxygen atoms in total. The van der Waals surface area contributed by atoms with Crippen LogP contribution in [0.5, 0.6) is 11.8 Å². The Bertz CT molecular complexity index is 1220. The molecular weight excluding hydrogens is 396 g/mol. The lowest BCUT2D eigenvalue weighted by Gasteiger charge is -2.30. The Morgan fingerprint density at radius 2 is 1.90 bits per heavy atom. The lowest BCUT2D eigenvalue weighted by Crippen LogP contribution is -2.29. The number of carbonyl (C=O) groups is 1. The fraction of sp³-hybridized carbons (Fsp3) is 0.478. The van der Waals surface area contributed by atoms with Gasteiger partial charge < -0.3 is 14.8 Å². The summed E-state index contributed by atoms with van der Waals surface area (Å²) >= 11 is 0. The van der Waals surface area contributed by atoms with Crippen molar-refractivity contribution in [2.45, 2.75) is 50.5 Å². The zero-order chi connectivity index (χ0) is 21.2. The number of carboxylic acid groups (broad SMARTS) is 1. The van der Waals surface area contributed by atoms with E-state index in [9.17, 15) is 9.59 Å². The summed E-state index contributed by atoms with van der Waals surface area (Å²) in [5.74, 6) is 2.58. The molecule has 2 aromatic heterocycles. The first kappa shape index (κ1) is 18.6. The Morgan fingerprint density at radius 3 is 2.61 bits per heavy atom. The largest absolute Gasteiger partial charge is 0.481 e. The molecule has 160 valence electrons. The number of rotatable bonds is 6. The van der Waals surface area contributed by atoms with Crippen molar-refractivity contribution in [1.29, 1.82) is 0 Å². The second-order valence-corrected chi connectivity index (χ2v) is 9.39. The predicted octanol–water partition coefficient (Wildman–Crippen LogP) is 3.46. The van der Waals surface area contributed by atoms with Gasteiger partial charge in [0, 0.05) is 12.0 Å². The predicted molar refractivity (Wildman–Crippen MR) is 112 cm³/mol. The summed E-state index contributed by atoms with van der Waals surface area (Å²) < 4.78 is 7.17. The van der Waals surface area contributed by atoms with E-state index in [4.69, 9.17) is 14.8 Å². The first-order chi connectivity index (χ1) is 15.0. The molecule has 4 saturated carbocycles. The van der Waals surface area contributed by atoms with Gasteiger partial charge in [0.2, 0.25) is 0 Å². The minimum atomic E-state index is -0.985. The molecule has 0 radical (unpaired) electrons. The van der Waals surface area contributed by atoms with Gasteiger partial charge in [0.15, 0.2) is 11.2 Å². The third-order valence-electron chi connectivity index (χ3n) is 7.54. The van der Waals surface area contributed by atoms with Crippen LogP contribution in [-0.4, -0.2) is 30.6 Å². The van der Waals surface area contributed by atoms with Crippen LogP contribution in [0.15, 0.2) is 35.1 Å². The summed E-state index contributed by atoms with van der Waals surface area (Å²) in [5.41, 5.74) is 0.372. The van der Waals surface area contributed by atoms with E-state index in [0.717, 1.165) is 30.5 Å². The van der Waals surface area contributed by atoms with E-state index < -0.39 is 5.97 Å². The number of nitrogens with one attached hydrogen (secondary N) is 1. The van der Waals surface area contributed by atoms with Crippen molar-refractivity contribution in [2.24, 2.45) is 17.8 Å². The molecule has 7 rings (SSSR count). The van der Waals surface area contributed by atoms with Gasteiger partial charge in [-0.25, -0.2) is 4.98 Å². The van der Waals surface area contributed by atoms with Crippen LogP contribution in [0.4, 0.5) is 0 Å². The highest BCUT2D eigenvalue weighted by Crippen LogP contribution is 2.65. The summed E-state index contributed by atoms with van der Waals surface area (Å²) in [5, 5.41) is 9.14. The third kappa shape index (κ3) is 2.88. The fourth-order valence-corrected chi connectivity index (χ4v) is 6.46. The summed E-state index contributed by atoms with van der Waals surface area (Å²) in [7, 11) is 0. The van der Waals surface area contributed by atoms with E-state index in [1.807, 2.05) is 18.2 Å². The standard InChI is InChI=1S/C23H24N4O4/c28-17(29)6-7-27-20(30)18-19(26-22(27)31-16-4-2-1-3-5-16)25-21(24-18)23-11-13-8-14(12-23)10-15(23)9-13/h1-5,13-15H,6-12H2,(H,24,25)(H,28,29). The number of imidazole rings is 1. The second-order valence-electron chi connectivity index (χ2n) is 9.39. The van der Waals surface area contributed by atoms with Crippen LogP contribution in [0, 0.1) is 17.8 Å². The molecule has 4 aliphatic rings. The number of aliphatic carboxylic acids is 1. The van der Waals surface area contributed by atoms with Gasteiger partial charge in [0.05, 0.1) is 6.42 Å². The number of aromatic amines is 1. The van der Waals surface area contributed by atoms with Crippen LogP contribution in [0.2, 0.25) is 0 Å². The smallest absolute Gasteiger partial charge is 0.306 e. The van der Waals surface area contributed by atoms with Gasteiger partial charge in [-0.05, 0) is 62.0 Å². The van der Waals surface area contributed by atoms with Gasteiger partial charge >= 0.3 is 12.0 Å². The third-order valence-corrected chi connectivity index (χ3v) is 7.54. The van der Waals surface area contributed by atoms with Gasteiger partial charge in [0.25, 0.3) is 5.56 Å². The molecule has 0 saturated heterocycles. The number of para-hydroxylation sites is 1. The average Bonchev–Trinajstić information content (AvgIpc) is 3.36. The number of benzene rings is 1. The first-order valence-corrected chi connectivity index (χ1v) is 11.0. The number of nitrogens with zero attached hydrogens (tertiary/aromatic N) is 3. The maximum atomic E-state index is 13.3. The molecule has 4 fully saturated rings. The lowest BCUT2D eigenvalue weighted by molar-refractivity contribution is -0.137. The summed E-state index contributed by atoms with van der Waals surface area (Å²) in [4.78, 5) is 37.2. The maximum Gasteiger partial charge on any atom is 0.306 e. The zero-order valence-corrected chi connectivity index (χ0v) is 17.1. The first-order valence-electron chi connectivity index (χ1n) is 11.0. The molecule has 0 spiro atoms. The second kappa shape index (κ2) is 6.67. The molecule has 2 atom stereocenters. The molecule has 0 amide bonds. The Hall–Kier alpha value is -3.16. The molecule has 4 bridgehead atoms. The fourth-order valence-electron chi connectivity index (χ4n) is 6.46. The number of hydrogen-bond acceptors (Lipinski definition) is 5. The van der Waals surface area contributed by atoms with Gasteiger partial charge in [-0.15, -0.1) is 0 Å². The Morgan fingerprint density at radius 1 is 1.16 bits per heavy atom. The Kier molecular flexibility index (Phi) is 4.00. The highest BCUT2D eigenvalue weighted by atomic mass is 16.5. The van der Waals surface area contributed by atoms with Crippen LogP contribution >= 0.6 is 0 Å². The van der Waals surface area contributed by atoms with Crippen molar-refractivity contribution in [2.75, 3.05) is 0 Å². The summed E-state index contributed by atoms with van der Waals surface area (Å²) in [6.45, 7) is -0.0223. The highest BCUT2D eigenvalue weighted by molar-refractivity contribution is 5.71. The van der Waals surface area contributed by atoms with E-state index in [-0.39, 0.29) is 30.0 Å². The Balaban J connectivity index is 1.46. The quantitative estimate of drug-likeness (QED) is 0.632. The van der Waals surface area contributed by atoms with Crippen molar-refractivity contribution >= 4 is 17.1 Å². The lowest BCUT2D eigenvalue weighted by atomic mass is 9.75. The van der Waals surface area contributed by atoms with Gasteiger partial charge in [-0.1, -0.05) is 18.2 Å². The van der Waals surface area contributed by atoms with E-state index in [1.54, 1.807) is 12.1 Å². The Labute approximate surface area is 178 Å².